The SMILES string of the molecule is CC(OP(=O)(N1CC1)N1CC1)c1ccc([N+](=O)[O-])c(Oc2ccc3ccccc3c2)c1. The van der Waals surface area contributed by atoms with Gasteiger partial charge in [-0.2, -0.15) is 0 Å². The molecule has 8 nitrogen and oxygen atoms in total. The summed E-state index contributed by atoms with van der Waals surface area (Å²) >= 11 is 0. The van der Waals surface area contributed by atoms with Gasteiger partial charge in [-0.15, -0.1) is 0 Å². The summed E-state index contributed by atoms with van der Waals surface area (Å²) in [5.74, 6) is 0.632. The van der Waals surface area contributed by atoms with E-state index in [4.69, 9.17) is 9.26 Å². The Kier molecular flexibility index (Phi) is 5.02. The van der Waals surface area contributed by atoms with Gasteiger partial charge in [-0.1, -0.05) is 30.3 Å². The van der Waals surface area contributed by atoms with Crippen LogP contribution in [0.25, 0.3) is 10.8 Å². The van der Waals surface area contributed by atoms with Gasteiger partial charge in [0.25, 0.3) is 0 Å². The maximum absolute atomic E-state index is 13.3. The zero-order valence-electron chi connectivity index (χ0n) is 17.0. The van der Waals surface area contributed by atoms with Crippen LogP contribution in [0.4, 0.5) is 5.69 Å². The van der Waals surface area contributed by atoms with Crippen molar-refractivity contribution < 1.29 is 18.7 Å². The van der Waals surface area contributed by atoms with Crippen LogP contribution in [0.2, 0.25) is 0 Å². The second-order valence-electron chi connectivity index (χ2n) is 7.74. The molecular formula is C22H22N3O5P. The van der Waals surface area contributed by atoms with Crippen LogP contribution in [-0.2, 0) is 9.09 Å². The summed E-state index contributed by atoms with van der Waals surface area (Å²) in [6, 6.07) is 18.0. The highest BCUT2D eigenvalue weighted by atomic mass is 31.2. The number of hydrogen-bond acceptors (Lipinski definition) is 5. The Morgan fingerprint density at radius 1 is 0.968 bits per heavy atom. The Hall–Kier alpha value is -2.77. The van der Waals surface area contributed by atoms with Crippen molar-refractivity contribution in [2.24, 2.45) is 0 Å². The van der Waals surface area contributed by atoms with Crippen molar-refractivity contribution >= 4 is 24.1 Å². The van der Waals surface area contributed by atoms with E-state index in [2.05, 4.69) is 0 Å². The first-order valence-electron chi connectivity index (χ1n) is 10.2. The van der Waals surface area contributed by atoms with Gasteiger partial charge in [0.1, 0.15) is 5.75 Å². The molecule has 2 fully saturated rings. The lowest BCUT2D eigenvalue weighted by atomic mass is 10.1. The van der Waals surface area contributed by atoms with Gasteiger partial charge < -0.3 is 4.74 Å². The maximum Gasteiger partial charge on any atom is 0.346 e. The second kappa shape index (κ2) is 7.73. The molecule has 0 spiro atoms. The van der Waals surface area contributed by atoms with Gasteiger partial charge in [-0.05, 0) is 47.5 Å². The highest BCUT2D eigenvalue weighted by molar-refractivity contribution is 7.54. The first-order chi connectivity index (χ1) is 14.9. The molecule has 160 valence electrons. The molecule has 2 saturated heterocycles. The van der Waals surface area contributed by atoms with Crippen molar-refractivity contribution in [3.8, 4) is 11.5 Å². The third-order valence-corrected chi connectivity index (χ3v) is 8.28. The van der Waals surface area contributed by atoms with Crippen molar-refractivity contribution in [2.75, 3.05) is 26.2 Å². The molecule has 9 heteroatoms. The number of fused-ring (bicyclic) bond motifs is 1. The molecule has 0 aromatic heterocycles. The molecule has 2 aliphatic rings. The molecule has 3 aromatic carbocycles. The molecule has 31 heavy (non-hydrogen) atoms. The molecule has 3 aromatic rings. The summed E-state index contributed by atoms with van der Waals surface area (Å²) in [5.41, 5.74) is 0.537. The van der Waals surface area contributed by atoms with Gasteiger partial charge in [-0.3, -0.25) is 19.2 Å². The smallest absolute Gasteiger partial charge is 0.346 e. The molecule has 0 amide bonds. The van der Waals surface area contributed by atoms with Crippen LogP contribution >= 0.6 is 7.67 Å². The minimum Gasteiger partial charge on any atom is -0.450 e. The van der Waals surface area contributed by atoms with E-state index < -0.39 is 18.7 Å². The Bertz CT molecular complexity index is 1190. The number of hydrogen-bond donors (Lipinski definition) is 0. The Morgan fingerprint density at radius 2 is 1.65 bits per heavy atom. The Morgan fingerprint density at radius 3 is 2.29 bits per heavy atom. The van der Waals surface area contributed by atoms with E-state index in [1.807, 2.05) is 45.7 Å². The lowest BCUT2D eigenvalue weighted by Gasteiger charge is -2.24. The summed E-state index contributed by atoms with van der Waals surface area (Å²) in [6.07, 6.45) is -0.508. The number of nitrogens with zero attached hydrogens (tertiary/aromatic N) is 3. The summed E-state index contributed by atoms with van der Waals surface area (Å²) < 4.78 is 28.9. The number of nitro benzene ring substituents is 1. The summed E-state index contributed by atoms with van der Waals surface area (Å²) in [6.45, 7) is 4.85. The molecular weight excluding hydrogens is 417 g/mol. The highest BCUT2D eigenvalue weighted by Crippen LogP contribution is 2.63. The quantitative estimate of drug-likeness (QED) is 0.202. The highest BCUT2D eigenvalue weighted by Gasteiger charge is 2.50. The van der Waals surface area contributed by atoms with E-state index >= 15 is 0 Å². The first-order valence-corrected chi connectivity index (χ1v) is 11.7. The molecule has 2 heterocycles. The van der Waals surface area contributed by atoms with Crippen molar-refractivity contribution in [2.45, 2.75) is 13.0 Å². The van der Waals surface area contributed by atoms with Gasteiger partial charge in [0.15, 0.2) is 0 Å². The van der Waals surface area contributed by atoms with Crippen LogP contribution in [-0.4, -0.2) is 40.4 Å². The molecule has 0 N–H and O–H groups in total. The average Bonchev–Trinajstić information content (AvgIpc) is 3.65. The van der Waals surface area contributed by atoms with E-state index in [1.165, 1.54) is 6.07 Å². The first kappa shape index (κ1) is 20.2. The van der Waals surface area contributed by atoms with Crippen LogP contribution in [0, 0.1) is 10.1 Å². The number of benzene rings is 3. The molecule has 5 rings (SSSR count). The summed E-state index contributed by atoms with van der Waals surface area (Å²) in [5, 5.41) is 13.6. The van der Waals surface area contributed by atoms with E-state index in [0.29, 0.717) is 11.3 Å². The van der Waals surface area contributed by atoms with Crippen LogP contribution in [0.15, 0.2) is 60.7 Å². The monoisotopic (exact) mass is 439 g/mol. The van der Waals surface area contributed by atoms with Gasteiger partial charge in [0.05, 0.1) is 11.0 Å². The third-order valence-electron chi connectivity index (χ3n) is 5.46. The van der Waals surface area contributed by atoms with Crippen molar-refractivity contribution in [1.82, 2.24) is 9.34 Å². The summed E-state index contributed by atoms with van der Waals surface area (Å²) in [4.78, 5) is 11.1. The average molecular weight is 439 g/mol. The number of ether oxygens (including phenoxy) is 1. The Balaban J connectivity index is 1.44. The fraction of sp³-hybridized carbons (Fsp3) is 0.273. The minimum atomic E-state index is -3.01. The molecule has 0 radical (unpaired) electrons. The predicted octanol–water partition coefficient (Wildman–Crippen LogP) is 5.36. The second-order valence-corrected chi connectivity index (χ2v) is 10.1. The zero-order valence-corrected chi connectivity index (χ0v) is 17.9. The lowest BCUT2D eigenvalue weighted by Crippen LogP contribution is -2.10. The summed E-state index contributed by atoms with van der Waals surface area (Å²) in [7, 11) is -3.01. The van der Waals surface area contributed by atoms with E-state index in [9.17, 15) is 14.7 Å². The van der Waals surface area contributed by atoms with E-state index in [0.717, 1.165) is 37.0 Å². The van der Waals surface area contributed by atoms with Crippen LogP contribution in [0.1, 0.15) is 18.6 Å². The molecule has 0 bridgehead atoms. The van der Waals surface area contributed by atoms with Gasteiger partial charge in [0.2, 0.25) is 5.75 Å². The van der Waals surface area contributed by atoms with Crippen LogP contribution < -0.4 is 4.74 Å². The standard InChI is InChI=1S/C22H22N3O5P/c1-16(30-31(28,23-10-11-23)24-12-13-24)18-7-9-21(25(26)27)22(15-18)29-20-8-6-17-4-2-3-5-19(17)14-20/h2-9,14-16H,10-13H2,1H3. The number of nitro groups is 1. The molecule has 0 aliphatic carbocycles. The fourth-order valence-corrected chi connectivity index (χ4v) is 5.90. The van der Waals surface area contributed by atoms with E-state index in [1.54, 1.807) is 25.1 Å². The molecule has 1 atom stereocenters. The minimum absolute atomic E-state index is 0.126. The van der Waals surface area contributed by atoms with Crippen LogP contribution in [0.3, 0.4) is 0 Å². The van der Waals surface area contributed by atoms with Crippen molar-refractivity contribution in [3.05, 3.63) is 76.3 Å². The molecule has 2 aliphatic heterocycles. The Labute approximate surface area is 179 Å². The largest absolute Gasteiger partial charge is 0.450 e. The number of rotatable bonds is 8. The maximum atomic E-state index is 13.3. The van der Waals surface area contributed by atoms with Gasteiger partial charge in [0, 0.05) is 32.2 Å². The van der Waals surface area contributed by atoms with Gasteiger partial charge >= 0.3 is 13.4 Å². The fourth-order valence-electron chi connectivity index (χ4n) is 3.55. The topological polar surface area (TPSA) is 84.7 Å². The van der Waals surface area contributed by atoms with Crippen molar-refractivity contribution in [1.29, 1.82) is 0 Å². The van der Waals surface area contributed by atoms with E-state index in [-0.39, 0.29) is 11.4 Å². The van der Waals surface area contributed by atoms with Crippen LogP contribution in [0.5, 0.6) is 11.5 Å². The lowest BCUT2D eigenvalue weighted by molar-refractivity contribution is -0.385. The molecule has 0 saturated carbocycles. The predicted molar refractivity (Wildman–Crippen MR) is 117 cm³/mol. The third kappa shape index (κ3) is 4.07. The normalized spacial score (nSPS) is 17.5. The van der Waals surface area contributed by atoms with Crippen molar-refractivity contribution in [3.63, 3.8) is 0 Å². The zero-order chi connectivity index (χ0) is 21.6. The van der Waals surface area contributed by atoms with Gasteiger partial charge in [-0.25, -0.2) is 9.34 Å². The molecule has 1 unspecified atom stereocenters.